The van der Waals surface area contributed by atoms with Gasteiger partial charge in [0.15, 0.2) is 0 Å². The third-order valence-corrected chi connectivity index (χ3v) is 5.11. The monoisotopic (exact) mass is 309 g/mol. The standard InChI is InChI=1S/C16H23NO3S/c1-13-2-4-14(5-3-13)10-11-21(19,20)17-16-8-6-15(12-18)7-9-16/h2-5,10-11,15-18H,6-9,12H2,1H3/b11-10+. The van der Waals surface area contributed by atoms with E-state index in [1.165, 1.54) is 5.41 Å². The second-order valence-corrected chi connectivity index (χ2v) is 7.37. The van der Waals surface area contributed by atoms with Crippen LogP contribution >= 0.6 is 0 Å². The average molecular weight is 309 g/mol. The lowest BCUT2D eigenvalue weighted by Crippen LogP contribution is -2.37. The Morgan fingerprint density at radius 1 is 1.19 bits per heavy atom. The van der Waals surface area contributed by atoms with E-state index in [1.807, 2.05) is 31.2 Å². The summed E-state index contributed by atoms with van der Waals surface area (Å²) in [5.74, 6) is 0.328. The predicted molar refractivity (Wildman–Crippen MR) is 85.1 cm³/mol. The Kier molecular flexibility index (Phi) is 5.56. The molecular formula is C16H23NO3S. The van der Waals surface area contributed by atoms with Crippen molar-refractivity contribution in [2.24, 2.45) is 5.92 Å². The first kappa shape index (κ1) is 16.2. The minimum absolute atomic E-state index is 0.0135. The minimum atomic E-state index is -3.41. The smallest absolute Gasteiger partial charge is 0.233 e. The van der Waals surface area contributed by atoms with Gasteiger partial charge in [0.25, 0.3) is 0 Å². The zero-order valence-corrected chi connectivity index (χ0v) is 13.1. The largest absolute Gasteiger partial charge is 0.396 e. The van der Waals surface area contributed by atoms with Crippen molar-refractivity contribution in [3.8, 4) is 0 Å². The second kappa shape index (κ2) is 7.20. The molecule has 0 heterocycles. The molecule has 1 fully saturated rings. The molecule has 2 rings (SSSR count). The highest BCUT2D eigenvalue weighted by Crippen LogP contribution is 2.24. The fourth-order valence-electron chi connectivity index (χ4n) is 2.58. The third-order valence-electron chi connectivity index (χ3n) is 3.95. The molecule has 1 aromatic rings. The van der Waals surface area contributed by atoms with Crippen molar-refractivity contribution in [1.82, 2.24) is 4.72 Å². The lowest BCUT2D eigenvalue weighted by Gasteiger charge is -2.27. The van der Waals surface area contributed by atoms with Gasteiger partial charge in [-0.3, -0.25) is 0 Å². The van der Waals surface area contributed by atoms with Gasteiger partial charge in [-0.2, -0.15) is 0 Å². The Morgan fingerprint density at radius 3 is 2.38 bits per heavy atom. The van der Waals surface area contributed by atoms with E-state index in [1.54, 1.807) is 6.08 Å². The van der Waals surface area contributed by atoms with Crippen LogP contribution in [0.2, 0.25) is 0 Å². The molecule has 0 aliphatic heterocycles. The fourth-order valence-corrected chi connectivity index (χ4v) is 3.70. The molecule has 0 unspecified atom stereocenters. The highest BCUT2D eigenvalue weighted by molar-refractivity contribution is 7.92. The van der Waals surface area contributed by atoms with E-state index in [-0.39, 0.29) is 12.6 Å². The normalized spacial score (nSPS) is 23.5. The Morgan fingerprint density at radius 2 is 1.81 bits per heavy atom. The number of aliphatic hydroxyl groups is 1. The summed E-state index contributed by atoms with van der Waals surface area (Å²) in [7, 11) is -3.41. The topological polar surface area (TPSA) is 66.4 Å². The van der Waals surface area contributed by atoms with Crippen LogP contribution in [0, 0.1) is 12.8 Å². The summed E-state index contributed by atoms with van der Waals surface area (Å²) >= 11 is 0. The molecule has 1 aliphatic rings. The molecule has 0 radical (unpaired) electrons. The van der Waals surface area contributed by atoms with E-state index in [9.17, 15) is 8.42 Å². The summed E-state index contributed by atoms with van der Waals surface area (Å²) in [4.78, 5) is 0. The van der Waals surface area contributed by atoms with Crippen LogP contribution in [-0.2, 0) is 10.0 Å². The maximum atomic E-state index is 12.0. The van der Waals surface area contributed by atoms with E-state index in [0.717, 1.165) is 36.8 Å². The molecule has 1 aliphatic carbocycles. The van der Waals surface area contributed by atoms with E-state index in [4.69, 9.17) is 5.11 Å². The van der Waals surface area contributed by atoms with Gasteiger partial charge in [0.1, 0.15) is 0 Å². The summed E-state index contributed by atoms with van der Waals surface area (Å²) in [6.07, 6.45) is 4.96. The van der Waals surface area contributed by atoms with Gasteiger partial charge in [-0.1, -0.05) is 29.8 Å². The number of benzene rings is 1. The summed E-state index contributed by atoms with van der Waals surface area (Å²) in [6.45, 7) is 2.20. The first-order valence-electron chi connectivity index (χ1n) is 7.36. The Labute approximate surface area is 126 Å². The Balaban J connectivity index is 1.91. The van der Waals surface area contributed by atoms with Gasteiger partial charge in [0.2, 0.25) is 10.0 Å². The van der Waals surface area contributed by atoms with Gasteiger partial charge in [0, 0.05) is 18.1 Å². The summed E-state index contributed by atoms with van der Waals surface area (Å²) < 4.78 is 26.8. The van der Waals surface area contributed by atoms with Crippen LogP contribution < -0.4 is 4.72 Å². The van der Waals surface area contributed by atoms with Crippen LogP contribution in [-0.4, -0.2) is 26.2 Å². The molecular weight excluding hydrogens is 286 g/mol. The number of aliphatic hydroxyl groups excluding tert-OH is 1. The van der Waals surface area contributed by atoms with Crippen molar-refractivity contribution < 1.29 is 13.5 Å². The summed E-state index contributed by atoms with van der Waals surface area (Å²) in [6, 6.07) is 7.69. The first-order valence-corrected chi connectivity index (χ1v) is 8.91. The number of nitrogens with one attached hydrogen (secondary N) is 1. The minimum Gasteiger partial charge on any atom is -0.396 e. The molecule has 1 aromatic carbocycles. The molecule has 21 heavy (non-hydrogen) atoms. The molecule has 0 amide bonds. The number of sulfonamides is 1. The number of hydrogen-bond donors (Lipinski definition) is 2. The van der Waals surface area contributed by atoms with E-state index < -0.39 is 10.0 Å². The van der Waals surface area contributed by atoms with E-state index in [2.05, 4.69) is 4.72 Å². The number of hydrogen-bond acceptors (Lipinski definition) is 3. The third kappa shape index (κ3) is 5.26. The van der Waals surface area contributed by atoms with Crippen LogP contribution in [0.4, 0.5) is 0 Å². The predicted octanol–water partition coefficient (Wildman–Crippen LogP) is 2.44. The van der Waals surface area contributed by atoms with Crippen LogP contribution in [0.5, 0.6) is 0 Å². The molecule has 4 nitrogen and oxygen atoms in total. The Bertz CT molecular complexity index is 570. The van der Waals surface area contributed by atoms with Crippen molar-refractivity contribution in [2.75, 3.05) is 6.61 Å². The molecule has 2 N–H and O–H groups in total. The van der Waals surface area contributed by atoms with Gasteiger partial charge >= 0.3 is 0 Å². The number of rotatable bonds is 5. The van der Waals surface area contributed by atoms with Gasteiger partial charge < -0.3 is 5.11 Å². The molecule has 0 saturated heterocycles. The van der Waals surface area contributed by atoms with Crippen molar-refractivity contribution in [3.05, 3.63) is 40.8 Å². The lowest BCUT2D eigenvalue weighted by molar-refractivity contribution is 0.180. The van der Waals surface area contributed by atoms with Crippen LogP contribution in [0.25, 0.3) is 6.08 Å². The zero-order chi connectivity index (χ0) is 15.3. The molecule has 116 valence electrons. The molecule has 0 spiro atoms. The van der Waals surface area contributed by atoms with Gasteiger partial charge in [-0.05, 0) is 50.2 Å². The summed E-state index contributed by atoms with van der Waals surface area (Å²) in [5.41, 5.74) is 2.02. The van der Waals surface area contributed by atoms with Crippen molar-refractivity contribution in [2.45, 2.75) is 38.6 Å². The van der Waals surface area contributed by atoms with Crippen molar-refractivity contribution >= 4 is 16.1 Å². The van der Waals surface area contributed by atoms with Crippen molar-refractivity contribution in [3.63, 3.8) is 0 Å². The molecule has 0 atom stereocenters. The maximum absolute atomic E-state index is 12.0. The molecule has 0 aromatic heterocycles. The van der Waals surface area contributed by atoms with Crippen LogP contribution in [0.15, 0.2) is 29.7 Å². The summed E-state index contributed by atoms with van der Waals surface area (Å²) in [5, 5.41) is 10.3. The Hall–Kier alpha value is -1.17. The van der Waals surface area contributed by atoms with E-state index >= 15 is 0 Å². The molecule has 1 saturated carbocycles. The first-order chi connectivity index (χ1) is 9.98. The molecule has 0 bridgehead atoms. The van der Waals surface area contributed by atoms with E-state index in [0.29, 0.717) is 5.92 Å². The number of aryl methyl sites for hydroxylation is 1. The lowest BCUT2D eigenvalue weighted by atomic mass is 9.87. The van der Waals surface area contributed by atoms with Crippen LogP contribution in [0.3, 0.4) is 0 Å². The van der Waals surface area contributed by atoms with Gasteiger partial charge in [-0.15, -0.1) is 0 Å². The quantitative estimate of drug-likeness (QED) is 0.878. The highest BCUT2D eigenvalue weighted by Gasteiger charge is 2.23. The van der Waals surface area contributed by atoms with Crippen LogP contribution in [0.1, 0.15) is 36.8 Å². The SMILES string of the molecule is Cc1ccc(/C=C/S(=O)(=O)NC2CCC(CO)CC2)cc1. The fraction of sp³-hybridized carbons (Fsp3) is 0.500. The van der Waals surface area contributed by atoms with Gasteiger partial charge in [-0.25, -0.2) is 13.1 Å². The second-order valence-electron chi connectivity index (χ2n) is 5.78. The highest BCUT2D eigenvalue weighted by atomic mass is 32.2. The van der Waals surface area contributed by atoms with Gasteiger partial charge in [0.05, 0.1) is 0 Å². The maximum Gasteiger partial charge on any atom is 0.233 e. The molecule has 5 heteroatoms. The average Bonchev–Trinajstić information content (AvgIpc) is 2.47. The van der Waals surface area contributed by atoms with Crippen molar-refractivity contribution in [1.29, 1.82) is 0 Å². The zero-order valence-electron chi connectivity index (χ0n) is 12.3.